The number of aromatic nitrogens is 3. The minimum atomic E-state index is -0.275. The predicted octanol–water partition coefficient (Wildman–Crippen LogP) is 4.67. The molecule has 0 saturated carbocycles. The molecule has 3 rings (SSSR count). The number of thiazole rings is 1. The van der Waals surface area contributed by atoms with Crippen molar-refractivity contribution >= 4 is 63.3 Å². The van der Waals surface area contributed by atoms with E-state index in [1.54, 1.807) is 35.8 Å². The van der Waals surface area contributed by atoms with Gasteiger partial charge in [0, 0.05) is 17.1 Å². The van der Waals surface area contributed by atoms with Crippen LogP contribution in [-0.4, -0.2) is 20.4 Å². The summed E-state index contributed by atoms with van der Waals surface area (Å²) in [7, 11) is 0. The van der Waals surface area contributed by atoms with E-state index in [1.165, 1.54) is 22.2 Å². The molecule has 25 heavy (non-hydrogen) atoms. The normalized spacial score (nSPS) is 11.5. The van der Waals surface area contributed by atoms with Gasteiger partial charge in [0.25, 0.3) is 5.56 Å². The second-order valence-electron chi connectivity index (χ2n) is 5.11. The van der Waals surface area contributed by atoms with Gasteiger partial charge in [-0.2, -0.15) is 9.78 Å². The topological polar surface area (TPSA) is 52.2 Å². The van der Waals surface area contributed by atoms with Gasteiger partial charge in [0.05, 0.1) is 11.2 Å². The van der Waals surface area contributed by atoms with Crippen LogP contribution in [0.3, 0.4) is 0 Å². The molecule has 0 N–H and O–H groups in total. The largest absolute Gasteiger partial charge is 0.304 e. The van der Waals surface area contributed by atoms with E-state index in [4.69, 9.17) is 35.4 Å². The highest BCUT2D eigenvalue weighted by Crippen LogP contribution is 2.20. The molecule has 128 valence electrons. The molecule has 5 nitrogen and oxygen atoms in total. The lowest BCUT2D eigenvalue weighted by Gasteiger charge is -2.05. The second kappa shape index (κ2) is 7.21. The van der Waals surface area contributed by atoms with Crippen molar-refractivity contribution in [2.24, 2.45) is 5.10 Å². The summed E-state index contributed by atoms with van der Waals surface area (Å²) in [4.78, 5) is 17.2. The molecule has 0 atom stereocenters. The zero-order valence-corrected chi connectivity index (χ0v) is 16.2. The minimum absolute atomic E-state index is 0.275. The van der Waals surface area contributed by atoms with E-state index in [1.807, 2.05) is 0 Å². The number of fused-ring (bicyclic) bond motifs is 1. The maximum Gasteiger partial charge on any atom is 0.293 e. The first-order valence-corrected chi connectivity index (χ1v) is 9.13. The molecule has 0 saturated heterocycles. The Kier molecular flexibility index (Phi) is 5.19. The van der Waals surface area contributed by atoms with Crippen LogP contribution in [0.2, 0.25) is 10.0 Å². The third-order valence-electron chi connectivity index (χ3n) is 3.42. The van der Waals surface area contributed by atoms with Gasteiger partial charge < -0.3 is 4.57 Å². The summed E-state index contributed by atoms with van der Waals surface area (Å²) in [6.07, 6.45) is 3.21. The van der Waals surface area contributed by atoms with E-state index in [0.29, 0.717) is 42.3 Å². The summed E-state index contributed by atoms with van der Waals surface area (Å²) in [5, 5.41) is 5.21. The molecular formula is C16H12Cl2N4OS2. The first kappa shape index (κ1) is 18.0. The van der Waals surface area contributed by atoms with Crippen molar-refractivity contribution in [2.45, 2.75) is 13.5 Å². The van der Waals surface area contributed by atoms with Gasteiger partial charge in [-0.1, -0.05) is 46.7 Å². The number of allylic oxidation sites excluding steroid dienone is 1. The Labute approximate surface area is 162 Å². The van der Waals surface area contributed by atoms with Crippen LogP contribution in [-0.2, 0) is 6.54 Å². The van der Waals surface area contributed by atoms with Crippen molar-refractivity contribution in [1.82, 2.24) is 14.2 Å². The Morgan fingerprint density at radius 3 is 2.88 bits per heavy atom. The van der Waals surface area contributed by atoms with Crippen molar-refractivity contribution < 1.29 is 0 Å². The van der Waals surface area contributed by atoms with Gasteiger partial charge in [0.2, 0.25) is 0 Å². The lowest BCUT2D eigenvalue weighted by Crippen LogP contribution is -2.20. The predicted molar refractivity (Wildman–Crippen MR) is 107 cm³/mol. The first-order chi connectivity index (χ1) is 11.9. The molecule has 0 bridgehead atoms. The SMILES string of the molecule is C=CCn1c(=S)sc2c(=O)n(N=Cc3ccc(Cl)cc3Cl)c(C)nc21. The highest BCUT2D eigenvalue weighted by Gasteiger charge is 2.13. The van der Waals surface area contributed by atoms with Gasteiger partial charge in [-0.05, 0) is 31.3 Å². The fourth-order valence-corrected chi connectivity index (χ4v) is 3.98. The van der Waals surface area contributed by atoms with Gasteiger partial charge >= 0.3 is 0 Å². The molecule has 0 spiro atoms. The molecule has 2 heterocycles. The number of hydrogen-bond donors (Lipinski definition) is 0. The highest BCUT2D eigenvalue weighted by molar-refractivity contribution is 7.73. The average Bonchev–Trinajstić information content (AvgIpc) is 2.86. The number of aryl methyl sites for hydroxylation is 1. The van der Waals surface area contributed by atoms with E-state index in [0.717, 1.165) is 0 Å². The number of hydrogen-bond acceptors (Lipinski definition) is 5. The quantitative estimate of drug-likeness (QED) is 0.356. The number of benzene rings is 1. The van der Waals surface area contributed by atoms with E-state index in [2.05, 4.69) is 16.7 Å². The average molecular weight is 411 g/mol. The van der Waals surface area contributed by atoms with E-state index in [9.17, 15) is 4.79 Å². The fourth-order valence-electron chi connectivity index (χ4n) is 2.24. The smallest absolute Gasteiger partial charge is 0.293 e. The van der Waals surface area contributed by atoms with Gasteiger partial charge in [-0.15, -0.1) is 6.58 Å². The molecule has 2 aromatic heterocycles. The van der Waals surface area contributed by atoms with Crippen LogP contribution in [0, 0.1) is 10.9 Å². The third kappa shape index (κ3) is 3.46. The molecule has 0 unspecified atom stereocenters. The first-order valence-electron chi connectivity index (χ1n) is 7.15. The fraction of sp³-hybridized carbons (Fsp3) is 0.125. The zero-order chi connectivity index (χ0) is 18.1. The Bertz CT molecular complexity index is 1130. The minimum Gasteiger partial charge on any atom is -0.304 e. The number of rotatable bonds is 4. The van der Waals surface area contributed by atoms with Crippen LogP contribution in [0.25, 0.3) is 10.3 Å². The van der Waals surface area contributed by atoms with E-state index >= 15 is 0 Å². The number of halogens is 2. The van der Waals surface area contributed by atoms with Crippen molar-refractivity contribution in [2.75, 3.05) is 0 Å². The van der Waals surface area contributed by atoms with Gasteiger partial charge in [0.1, 0.15) is 10.5 Å². The summed E-state index contributed by atoms with van der Waals surface area (Å²) in [6, 6.07) is 5.04. The summed E-state index contributed by atoms with van der Waals surface area (Å²) >= 11 is 18.5. The molecular weight excluding hydrogens is 399 g/mol. The van der Waals surface area contributed by atoms with Gasteiger partial charge in [0.15, 0.2) is 9.60 Å². The van der Waals surface area contributed by atoms with Crippen LogP contribution >= 0.6 is 46.8 Å². The van der Waals surface area contributed by atoms with Crippen LogP contribution in [0.4, 0.5) is 0 Å². The summed E-state index contributed by atoms with van der Waals surface area (Å²) in [6.45, 7) is 5.91. The second-order valence-corrected chi connectivity index (χ2v) is 7.59. The maximum atomic E-state index is 12.8. The number of nitrogens with zero attached hydrogens (tertiary/aromatic N) is 4. The van der Waals surface area contributed by atoms with E-state index in [-0.39, 0.29) is 5.56 Å². The molecule has 0 aliphatic heterocycles. The van der Waals surface area contributed by atoms with Crippen molar-refractivity contribution in [3.8, 4) is 0 Å². The molecule has 0 fully saturated rings. The van der Waals surface area contributed by atoms with Crippen molar-refractivity contribution in [3.63, 3.8) is 0 Å². The lowest BCUT2D eigenvalue weighted by molar-refractivity contribution is 0.757. The molecule has 9 heteroatoms. The summed E-state index contributed by atoms with van der Waals surface area (Å²) in [5.74, 6) is 0.449. The molecule has 1 aromatic carbocycles. The maximum absolute atomic E-state index is 12.8. The van der Waals surface area contributed by atoms with Gasteiger partial charge in [-0.25, -0.2) is 4.98 Å². The third-order valence-corrected chi connectivity index (χ3v) is 5.40. The van der Waals surface area contributed by atoms with Crippen molar-refractivity contribution in [3.05, 3.63) is 66.6 Å². The summed E-state index contributed by atoms with van der Waals surface area (Å²) in [5.41, 5.74) is 0.922. The van der Waals surface area contributed by atoms with E-state index < -0.39 is 0 Å². The Hall–Kier alpha value is -1.80. The zero-order valence-electron chi connectivity index (χ0n) is 13.1. The molecule has 3 aromatic rings. The monoisotopic (exact) mass is 410 g/mol. The molecule has 0 aliphatic carbocycles. The lowest BCUT2D eigenvalue weighted by atomic mass is 10.2. The Morgan fingerprint density at radius 1 is 1.44 bits per heavy atom. The summed E-state index contributed by atoms with van der Waals surface area (Å²) < 4.78 is 4.04. The molecule has 0 aliphatic rings. The van der Waals surface area contributed by atoms with Crippen molar-refractivity contribution in [1.29, 1.82) is 0 Å². The Balaban J connectivity index is 2.14. The van der Waals surface area contributed by atoms with Crippen LogP contribution < -0.4 is 5.56 Å². The Morgan fingerprint density at radius 2 is 2.20 bits per heavy atom. The van der Waals surface area contributed by atoms with Gasteiger partial charge in [-0.3, -0.25) is 4.79 Å². The van der Waals surface area contributed by atoms with Crippen LogP contribution in [0.1, 0.15) is 11.4 Å². The van der Waals surface area contributed by atoms with Crippen LogP contribution in [0.5, 0.6) is 0 Å². The highest BCUT2D eigenvalue weighted by atomic mass is 35.5. The molecule has 0 radical (unpaired) electrons. The van der Waals surface area contributed by atoms with Crippen LogP contribution in [0.15, 0.2) is 40.8 Å². The molecule has 0 amide bonds. The standard InChI is InChI=1S/C16H12Cl2N4OS2/c1-3-6-21-14-13(25-16(21)24)15(23)22(9(2)20-14)19-8-10-4-5-11(17)7-12(10)18/h3-5,7-8H,1,6H2,2H3.